The Labute approximate surface area is 102 Å². The third kappa shape index (κ3) is 3.83. The molecule has 1 aromatic heterocycles. The van der Waals surface area contributed by atoms with E-state index < -0.39 is 0 Å². The third-order valence-corrected chi connectivity index (χ3v) is 2.30. The minimum Gasteiger partial charge on any atom is -0.340 e. The fourth-order valence-electron chi connectivity index (χ4n) is 1.36. The molecular formula is C10H19ClN4O. The molecule has 0 bridgehead atoms. The smallest absolute Gasteiger partial charge is 0.271 e. The van der Waals surface area contributed by atoms with Crippen molar-refractivity contribution in [2.24, 2.45) is 11.1 Å². The fourth-order valence-corrected chi connectivity index (χ4v) is 1.36. The second-order valence-corrected chi connectivity index (χ2v) is 4.50. The first-order valence-corrected chi connectivity index (χ1v) is 4.91. The van der Waals surface area contributed by atoms with Crippen molar-refractivity contribution in [3.8, 4) is 0 Å². The Morgan fingerprint density at radius 1 is 1.62 bits per heavy atom. The van der Waals surface area contributed by atoms with Crippen LogP contribution in [0.25, 0.3) is 0 Å². The molecule has 1 heterocycles. The van der Waals surface area contributed by atoms with E-state index in [1.807, 2.05) is 13.8 Å². The lowest BCUT2D eigenvalue weighted by Crippen LogP contribution is -2.39. The molecule has 0 fully saturated rings. The lowest BCUT2D eigenvalue weighted by molar-refractivity contribution is 0.0734. The van der Waals surface area contributed by atoms with Gasteiger partial charge in [-0.1, -0.05) is 13.8 Å². The van der Waals surface area contributed by atoms with Crippen LogP contribution in [0.3, 0.4) is 0 Å². The van der Waals surface area contributed by atoms with Crippen LogP contribution in [0, 0.1) is 5.41 Å². The highest BCUT2D eigenvalue weighted by atomic mass is 35.5. The maximum absolute atomic E-state index is 11.8. The molecule has 0 saturated carbocycles. The third-order valence-electron chi connectivity index (χ3n) is 2.30. The average Bonchev–Trinajstić information content (AvgIpc) is 2.68. The molecule has 1 aromatic rings. The van der Waals surface area contributed by atoms with Crippen molar-refractivity contribution in [1.29, 1.82) is 0 Å². The van der Waals surface area contributed by atoms with E-state index in [9.17, 15) is 4.79 Å². The van der Waals surface area contributed by atoms with E-state index in [4.69, 9.17) is 5.73 Å². The van der Waals surface area contributed by atoms with E-state index in [0.29, 0.717) is 18.8 Å². The first-order chi connectivity index (χ1) is 6.96. The Bertz CT molecular complexity index is 324. The van der Waals surface area contributed by atoms with Crippen LogP contribution in [0.2, 0.25) is 0 Å². The first-order valence-electron chi connectivity index (χ1n) is 4.91. The molecule has 0 aliphatic heterocycles. The SMILES string of the molecule is CN(CC(C)(C)CN)C(=O)c1ccn[nH]1.Cl. The average molecular weight is 247 g/mol. The number of carbonyl (C=O) groups excluding carboxylic acids is 1. The molecule has 0 unspecified atom stereocenters. The number of aromatic amines is 1. The summed E-state index contributed by atoms with van der Waals surface area (Å²) in [5.41, 5.74) is 6.06. The van der Waals surface area contributed by atoms with Gasteiger partial charge in [0.2, 0.25) is 0 Å². The molecule has 0 aliphatic carbocycles. The van der Waals surface area contributed by atoms with E-state index in [0.717, 1.165) is 0 Å². The number of halogens is 1. The van der Waals surface area contributed by atoms with Crippen LogP contribution in [0.4, 0.5) is 0 Å². The van der Waals surface area contributed by atoms with Crippen molar-refractivity contribution < 1.29 is 4.79 Å². The van der Waals surface area contributed by atoms with Gasteiger partial charge < -0.3 is 10.6 Å². The zero-order valence-corrected chi connectivity index (χ0v) is 10.7. The lowest BCUT2D eigenvalue weighted by atomic mass is 9.93. The van der Waals surface area contributed by atoms with Gasteiger partial charge in [-0.05, 0) is 18.0 Å². The number of H-pyrrole nitrogens is 1. The predicted molar refractivity (Wildman–Crippen MR) is 65.6 cm³/mol. The van der Waals surface area contributed by atoms with Crippen molar-refractivity contribution in [1.82, 2.24) is 15.1 Å². The molecule has 0 spiro atoms. The van der Waals surface area contributed by atoms with Crippen LogP contribution in [-0.4, -0.2) is 41.1 Å². The summed E-state index contributed by atoms with van der Waals surface area (Å²) in [6.07, 6.45) is 1.56. The van der Waals surface area contributed by atoms with Crippen LogP contribution in [-0.2, 0) is 0 Å². The largest absolute Gasteiger partial charge is 0.340 e. The Hall–Kier alpha value is -1.07. The van der Waals surface area contributed by atoms with Crippen molar-refractivity contribution >= 4 is 18.3 Å². The van der Waals surface area contributed by atoms with Gasteiger partial charge in [-0.3, -0.25) is 9.89 Å². The maximum atomic E-state index is 11.8. The topological polar surface area (TPSA) is 75.0 Å². The summed E-state index contributed by atoms with van der Waals surface area (Å²) >= 11 is 0. The van der Waals surface area contributed by atoms with Gasteiger partial charge >= 0.3 is 0 Å². The Kier molecular flexibility index (Phi) is 5.47. The van der Waals surface area contributed by atoms with Gasteiger partial charge in [0.15, 0.2) is 0 Å². The molecule has 0 atom stereocenters. The molecule has 3 N–H and O–H groups in total. The lowest BCUT2D eigenvalue weighted by Gasteiger charge is -2.28. The predicted octanol–water partition coefficient (Wildman–Crippen LogP) is 0.888. The van der Waals surface area contributed by atoms with Gasteiger partial charge in [0.1, 0.15) is 5.69 Å². The van der Waals surface area contributed by atoms with Gasteiger partial charge in [0, 0.05) is 19.8 Å². The highest BCUT2D eigenvalue weighted by molar-refractivity contribution is 5.91. The van der Waals surface area contributed by atoms with Gasteiger partial charge in [0.05, 0.1) is 0 Å². The Morgan fingerprint density at radius 3 is 2.69 bits per heavy atom. The second-order valence-electron chi connectivity index (χ2n) is 4.50. The molecule has 5 nitrogen and oxygen atoms in total. The number of hydrogen-bond donors (Lipinski definition) is 2. The highest BCUT2D eigenvalue weighted by Crippen LogP contribution is 2.14. The van der Waals surface area contributed by atoms with Crippen molar-refractivity contribution in [2.45, 2.75) is 13.8 Å². The first kappa shape index (κ1) is 14.9. The Morgan fingerprint density at radius 2 is 2.25 bits per heavy atom. The van der Waals surface area contributed by atoms with Gasteiger partial charge in [-0.2, -0.15) is 5.10 Å². The molecule has 6 heteroatoms. The maximum Gasteiger partial charge on any atom is 0.271 e. The number of amides is 1. The van der Waals surface area contributed by atoms with Crippen LogP contribution in [0.15, 0.2) is 12.3 Å². The van der Waals surface area contributed by atoms with Gasteiger partial charge in [0.25, 0.3) is 5.91 Å². The summed E-state index contributed by atoms with van der Waals surface area (Å²) in [6, 6.07) is 1.66. The molecule has 1 rings (SSSR count). The monoisotopic (exact) mass is 246 g/mol. The quantitative estimate of drug-likeness (QED) is 0.829. The summed E-state index contributed by atoms with van der Waals surface area (Å²) in [5, 5.41) is 6.39. The Balaban J connectivity index is 0.00000225. The highest BCUT2D eigenvalue weighted by Gasteiger charge is 2.22. The normalized spacial score (nSPS) is 10.8. The fraction of sp³-hybridized carbons (Fsp3) is 0.600. The number of nitrogens with two attached hydrogens (primary N) is 1. The number of nitrogens with zero attached hydrogens (tertiary/aromatic N) is 2. The zero-order valence-electron chi connectivity index (χ0n) is 9.86. The van der Waals surface area contributed by atoms with E-state index in [1.165, 1.54) is 0 Å². The zero-order chi connectivity index (χ0) is 11.5. The standard InChI is InChI=1S/C10H18N4O.ClH/c1-10(2,6-11)7-14(3)9(15)8-4-5-12-13-8;/h4-5H,6-7,11H2,1-3H3,(H,12,13);1H. The molecule has 0 radical (unpaired) electrons. The second kappa shape index (κ2) is 5.86. The van der Waals surface area contributed by atoms with E-state index in [-0.39, 0.29) is 23.7 Å². The van der Waals surface area contributed by atoms with Crippen molar-refractivity contribution in [3.63, 3.8) is 0 Å². The molecule has 1 amide bonds. The summed E-state index contributed by atoms with van der Waals surface area (Å²) in [5.74, 6) is -0.0611. The number of hydrogen-bond acceptors (Lipinski definition) is 3. The van der Waals surface area contributed by atoms with E-state index in [1.54, 1.807) is 24.2 Å². The van der Waals surface area contributed by atoms with Crippen molar-refractivity contribution in [3.05, 3.63) is 18.0 Å². The van der Waals surface area contributed by atoms with Gasteiger partial charge in [-0.15, -0.1) is 12.4 Å². The van der Waals surface area contributed by atoms with Gasteiger partial charge in [-0.25, -0.2) is 0 Å². The molecule has 0 aliphatic rings. The number of nitrogens with one attached hydrogen (secondary N) is 1. The summed E-state index contributed by atoms with van der Waals surface area (Å²) in [4.78, 5) is 13.5. The molecule has 0 saturated heterocycles. The van der Waals surface area contributed by atoms with Crippen molar-refractivity contribution in [2.75, 3.05) is 20.1 Å². The number of rotatable bonds is 4. The number of carbonyl (C=O) groups is 1. The summed E-state index contributed by atoms with van der Waals surface area (Å²) in [6.45, 7) is 5.24. The summed E-state index contributed by atoms with van der Waals surface area (Å²) in [7, 11) is 1.76. The summed E-state index contributed by atoms with van der Waals surface area (Å²) < 4.78 is 0. The van der Waals surface area contributed by atoms with Crippen LogP contribution >= 0.6 is 12.4 Å². The van der Waals surface area contributed by atoms with Crippen LogP contribution in [0.1, 0.15) is 24.3 Å². The van der Waals surface area contributed by atoms with E-state index >= 15 is 0 Å². The minimum absolute atomic E-state index is 0. The van der Waals surface area contributed by atoms with Crippen LogP contribution < -0.4 is 5.73 Å². The van der Waals surface area contributed by atoms with E-state index in [2.05, 4.69) is 10.2 Å². The molecule has 92 valence electrons. The minimum atomic E-state index is -0.0650. The van der Waals surface area contributed by atoms with Crippen LogP contribution in [0.5, 0.6) is 0 Å². The molecule has 16 heavy (non-hydrogen) atoms. The molecule has 0 aromatic carbocycles. The molecular weight excluding hydrogens is 228 g/mol. The number of aromatic nitrogens is 2.